The topological polar surface area (TPSA) is 120 Å². The van der Waals surface area contributed by atoms with Crippen molar-refractivity contribution < 1.29 is 23.9 Å². The third-order valence-electron chi connectivity index (χ3n) is 3.26. The summed E-state index contributed by atoms with van der Waals surface area (Å²) in [5.74, 6) is -1.98. The number of hydrogen-bond donors (Lipinski definition) is 3. The lowest BCUT2D eigenvalue weighted by Crippen LogP contribution is -2.39. The van der Waals surface area contributed by atoms with Crippen LogP contribution in [-0.4, -0.2) is 31.9 Å². The molecule has 2 aromatic carbocycles. The van der Waals surface area contributed by atoms with Gasteiger partial charge in [0.15, 0.2) is 0 Å². The number of imide groups is 1. The van der Waals surface area contributed by atoms with Gasteiger partial charge in [-0.2, -0.15) is 0 Å². The van der Waals surface area contributed by atoms with Crippen molar-refractivity contribution >= 4 is 29.1 Å². The standard InChI is InChI=1S/C17H17N3O5/c1-24-12-7-8-13(14(9-12)25-2)19-16(22)17(23)20-15(21)10-3-5-11(18)6-4-10/h3-9H,18H2,1-2H3,(H,19,22)(H,20,21,23). The largest absolute Gasteiger partial charge is 0.497 e. The Morgan fingerprint density at radius 1 is 0.920 bits per heavy atom. The molecule has 3 amide bonds. The molecule has 2 aromatic rings. The number of nitrogens with two attached hydrogens (primary N) is 1. The molecule has 0 radical (unpaired) electrons. The molecule has 0 saturated heterocycles. The molecule has 0 saturated carbocycles. The minimum absolute atomic E-state index is 0.206. The Labute approximate surface area is 143 Å². The van der Waals surface area contributed by atoms with Crippen molar-refractivity contribution in [3.63, 3.8) is 0 Å². The van der Waals surface area contributed by atoms with Crippen LogP contribution in [0.4, 0.5) is 11.4 Å². The molecule has 8 heteroatoms. The van der Waals surface area contributed by atoms with Gasteiger partial charge >= 0.3 is 11.8 Å². The summed E-state index contributed by atoms with van der Waals surface area (Å²) in [5, 5.41) is 4.37. The first kappa shape index (κ1) is 17.8. The molecule has 25 heavy (non-hydrogen) atoms. The highest BCUT2D eigenvalue weighted by Crippen LogP contribution is 2.28. The Kier molecular flexibility index (Phi) is 5.57. The number of ether oxygens (including phenoxy) is 2. The zero-order chi connectivity index (χ0) is 18.4. The van der Waals surface area contributed by atoms with Crippen LogP contribution in [0.5, 0.6) is 11.5 Å². The van der Waals surface area contributed by atoms with E-state index in [-0.39, 0.29) is 11.3 Å². The smallest absolute Gasteiger partial charge is 0.316 e. The van der Waals surface area contributed by atoms with Crippen LogP contribution in [0.1, 0.15) is 10.4 Å². The first-order valence-electron chi connectivity index (χ1n) is 7.19. The number of methoxy groups -OCH3 is 2. The summed E-state index contributed by atoms with van der Waals surface area (Å²) < 4.78 is 10.2. The van der Waals surface area contributed by atoms with Gasteiger partial charge in [-0.15, -0.1) is 0 Å². The first-order valence-corrected chi connectivity index (χ1v) is 7.19. The fourth-order valence-corrected chi connectivity index (χ4v) is 1.95. The molecule has 0 unspecified atom stereocenters. The van der Waals surface area contributed by atoms with Crippen molar-refractivity contribution in [2.24, 2.45) is 0 Å². The normalized spacial score (nSPS) is 9.84. The summed E-state index contributed by atoms with van der Waals surface area (Å²) in [5.41, 5.74) is 6.48. The highest BCUT2D eigenvalue weighted by Gasteiger charge is 2.19. The molecule has 0 fully saturated rings. The van der Waals surface area contributed by atoms with Crippen LogP contribution in [0, 0.1) is 0 Å². The summed E-state index contributed by atoms with van der Waals surface area (Å²) in [4.78, 5) is 35.8. The molecule has 0 aromatic heterocycles. The number of hydrogen-bond acceptors (Lipinski definition) is 6. The lowest BCUT2D eigenvalue weighted by Gasteiger charge is -2.11. The van der Waals surface area contributed by atoms with Gasteiger partial charge in [0, 0.05) is 17.3 Å². The van der Waals surface area contributed by atoms with Gasteiger partial charge < -0.3 is 20.5 Å². The highest BCUT2D eigenvalue weighted by atomic mass is 16.5. The third-order valence-corrected chi connectivity index (χ3v) is 3.26. The average molecular weight is 343 g/mol. The molecule has 0 atom stereocenters. The Morgan fingerprint density at radius 3 is 2.20 bits per heavy atom. The molecule has 0 spiro atoms. The molecule has 4 N–H and O–H groups in total. The van der Waals surface area contributed by atoms with E-state index in [1.807, 2.05) is 5.32 Å². The highest BCUT2D eigenvalue weighted by molar-refractivity contribution is 6.42. The Hall–Kier alpha value is -3.55. The number of carbonyl (C=O) groups excluding carboxylic acids is 3. The molecule has 8 nitrogen and oxygen atoms in total. The van der Waals surface area contributed by atoms with E-state index in [0.29, 0.717) is 17.2 Å². The minimum Gasteiger partial charge on any atom is -0.497 e. The molecule has 2 rings (SSSR count). The summed E-state index contributed by atoms with van der Waals surface area (Å²) in [7, 11) is 2.90. The first-order chi connectivity index (χ1) is 11.9. The van der Waals surface area contributed by atoms with Crippen LogP contribution in [0.2, 0.25) is 0 Å². The minimum atomic E-state index is -1.10. The van der Waals surface area contributed by atoms with Crippen LogP contribution >= 0.6 is 0 Å². The van der Waals surface area contributed by atoms with E-state index in [2.05, 4.69) is 5.32 Å². The van der Waals surface area contributed by atoms with Crippen molar-refractivity contribution in [3.8, 4) is 11.5 Å². The second-order valence-electron chi connectivity index (χ2n) is 4.93. The third kappa shape index (κ3) is 4.47. The molecule has 0 heterocycles. The van der Waals surface area contributed by atoms with Gasteiger partial charge in [-0.1, -0.05) is 0 Å². The van der Waals surface area contributed by atoms with Gasteiger partial charge in [-0.25, -0.2) is 0 Å². The summed E-state index contributed by atoms with van der Waals surface area (Å²) in [6.45, 7) is 0. The maximum atomic E-state index is 12.0. The average Bonchev–Trinajstić information content (AvgIpc) is 2.62. The molecule has 0 aliphatic rings. The van der Waals surface area contributed by atoms with E-state index in [1.165, 1.54) is 44.6 Å². The summed E-state index contributed by atoms with van der Waals surface area (Å²) in [6, 6.07) is 10.6. The molecular weight excluding hydrogens is 326 g/mol. The SMILES string of the molecule is COc1ccc(NC(=O)C(=O)NC(=O)c2ccc(N)cc2)c(OC)c1. The van der Waals surface area contributed by atoms with E-state index >= 15 is 0 Å². The predicted molar refractivity (Wildman–Crippen MR) is 91.5 cm³/mol. The Bertz CT molecular complexity index is 802. The zero-order valence-corrected chi connectivity index (χ0v) is 13.7. The maximum Gasteiger partial charge on any atom is 0.316 e. The van der Waals surface area contributed by atoms with Crippen LogP contribution in [0.25, 0.3) is 0 Å². The predicted octanol–water partition coefficient (Wildman–Crippen LogP) is 1.18. The van der Waals surface area contributed by atoms with Crippen LogP contribution < -0.4 is 25.8 Å². The number of anilines is 2. The van der Waals surface area contributed by atoms with Gasteiger partial charge in [-0.05, 0) is 36.4 Å². The lowest BCUT2D eigenvalue weighted by molar-refractivity contribution is -0.135. The maximum absolute atomic E-state index is 12.0. The second kappa shape index (κ2) is 7.82. The molecule has 130 valence electrons. The van der Waals surface area contributed by atoms with E-state index in [4.69, 9.17) is 15.2 Å². The quantitative estimate of drug-likeness (QED) is 0.566. The Balaban J connectivity index is 2.04. The molecular formula is C17H17N3O5. The fraction of sp³-hybridized carbons (Fsp3) is 0.118. The zero-order valence-electron chi connectivity index (χ0n) is 13.7. The number of carbonyl (C=O) groups is 3. The van der Waals surface area contributed by atoms with Gasteiger partial charge in [0.25, 0.3) is 5.91 Å². The number of benzene rings is 2. The molecule has 0 bridgehead atoms. The number of rotatable bonds is 4. The number of nitrogen functional groups attached to an aromatic ring is 1. The van der Waals surface area contributed by atoms with Crippen molar-refractivity contribution in [1.29, 1.82) is 0 Å². The fourth-order valence-electron chi connectivity index (χ4n) is 1.95. The van der Waals surface area contributed by atoms with Gasteiger partial charge in [0.1, 0.15) is 11.5 Å². The monoisotopic (exact) mass is 343 g/mol. The second-order valence-corrected chi connectivity index (χ2v) is 4.93. The van der Waals surface area contributed by atoms with Crippen LogP contribution in [-0.2, 0) is 9.59 Å². The lowest BCUT2D eigenvalue weighted by atomic mass is 10.2. The van der Waals surface area contributed by atoms with Crippen molar-refractivity contribution in [2.75, 3.05) is 25.3 Å². The van der Waals surface area contributed by atoms with Crippen LogP contribution in [0.15, 0.2) is 42.5 Å². The van der Waals surface area contributed by atoms with Crippen molar-refractivity contribution in [2.45, 2.75) is 0 Å². The van der Waals surface area contributed by atoms with E-state index in [0.717, 1.165) is 0 Å². The Morgan fingerprint density at radius 2 is 1.60 bits per heavy atom. The van der Waals surface area contributed by atoms with E-state index in [1.54, 1.807) is 12.1 Å². The summed E-state index contributed by atoms with van der Waals surface area (Å²) >= 11 is 0. The van der Waals surface area contributed by atoms with E-state index < -0.39 is 17.7 Å². The molecule has 0 aliphatic heterocycles. The van der Waals surface area contributed by atoms with Gasteiger partial charge in [-0.3, -0.25) is 19.7 Å². The van der Waals surface area contributed by atoms with Crippen molar-refractivity contribution in [1.82, 2.24) is 5.32 Å². The molecule has 0 aliphatic carbocycles. The van der Waals surface area contributed by atoms with E-state index in [9.17, 15) is 14.4 Å². The number of amides is 3. The van der Waals surface area contributed by atoms with Crippen molar-refractivity contribution in [3.05, 3.63) is 48.0 Å². The van der Waals surface area contributed by atoms with Gasteiger partial charge in [0.05, 0.1) is 19.9 Å². The summed E-state index contributed by atoms with van der Waals surface area (Å²) in [6.07, 6.45) is 0. The van der Waals surface area contributed by atoms with Gasteiger partial charge in [0.2, 0.25) is 0 Å². The van der Waals surface area contributed by atoms with Crippen LogP contribution in [0.3, 0.4) is 0 Å². The number of nitrogens with one attached hydrogen (secondary N) is 2.